The van der Waals surface area contributed by atoms with Crippen molar-refractivity contribution in [3.05, 3.63) is 24.3 Å². The Labute approximate surface area is 107 Å². The van der Waals surface area contributed by atoms with Crippen LogP contribution in [0.1, 0.15) is 13.3 Å². The fourth-order valence-electron chi connectivity index (χ4n) is 1.43. The molecule has 0 saturated heterocycles. The normalized spacial score (nSPS) is 11.7. The molecule has 1 aromatic carbocycles. The van der Waals surface area contributed by atoms with E-state index in [9.17, 15) is 4.79 Å². The van der Waals surface area contributed by atoms with E-state index in [1.165, 1.54) is 0 Å². The first-order valence-electron chi connectivity index (χ1n) is 5.87. The summed E-state index contributed by atoms with van der Waals surface area (Å²) in [5.74, 6) is 0.841. The molecule has 0 saturated carbocycles. The number of benzene rings is 1. The second-order valence-corrected chi connectivity index (χ2v) is 3.79. The standard InChI is InChI=1S/C13H19NO4/c1-3-10(8-15)14-13(16)9-18-12-7-5-4-6-11(12)17-2/h4-7,10,15H,3,8-9H2,1-2H3,(H,14,16). The van der Waals surface area contributed by atoms with E-state index in [1.54, 1.807) is 25.3 Å². The van der Waals surface area contributed by atoms with Crippen molar-refractivity contribution < 1.29 is 19.4 Å². The summed E-state index contributed by atoms with van der Waals surface area (Å²) in [6.07, 6.45) is 0.677. The molecule has 1 rings (SSSR count). The molecule has 0 aliphatic heterocycles. The molecular formula is C13H19NO4. The van der Waals surface area contributed by atoms with E-state index < -0.39 is 0 Å². The lowest BCUT2D eigenvalue weighted by Gasteiger charge is -2.15. The van der Waals surface area contributed by atoms with Gasteiger partial charge in [0.2, 0.25) is 0 Å². The molecule has 5 nitrogen and oxygen atoms in total. The van der Waals surface area contributed by atoms with Crippen molar-refractivity contribution in [1.29, 1.82) is 0 Å². The average molecular weight is 253 g/mol. The van der Waals surface area contributed by atoms with Crippen molar-refractivity contribution in [3.8, 4) is 11.5 Å². The lowest BCUT2D eigenvalue weighted by Crippen LogP contribution is -2.39. The van der Waals surface area contributed by atoms with Gasteiger partial charge in [-0.3, -0.25) is 4.79 Å². The van der Waals surface area contributed by atoms with Crippen molar-refractivity contribution >= 4 is 5.91 Å². The maximum atomic E-state index is 11.6. The molecule has 1 unspecified atom stereocenters. The lowest BCUT2D eigenvalue weighted by atomic mass is 10.2. The molecule has 18 heavy (non-hydrogen) atoms. The molecular weight excluding hydrogens is 234 g/mol. The fraction of sp³-hybridized carbons (Fsp3) is 0.462. The van der Waals surface area contributed by atoms with Gasteiger partial charge in [-0.2, -0.15) is 0 Å². The molecule has 5 heteroatoms. The number of hydrogen-bond donors (Lipinski definition) is 2. The predicted octanol–water partition coefficient (Wildman–Crippen LogP) is 0.961. The Hall–Kier alpha value is -1.75. The average Bonchev–Trinajstić information content (AvgIpc) is 2.42. The molecule has 0 bridgehead atoms. The molecule has 0 heterocycles. The summed E-state index contributed by atoms with van der Waals surface area (Å²) in [6, 6.07) is 6.90. The van der Waals surface area contributed by atoms with Gasteiger partial charge in [0, 0.05) is 0 Å². The summed E-state index contributed by atoms with van der Waals surface area (Å²) >= 11 is 0. The van der Waals surface area contributed by atoms with Crippen LogP contribution in [0.15, 0.2) is 24.3 Å². The van der Waals surface area contributed by atoms with E-state index in [1.807, 2.05) is 13.0 Å². The molecule has 2 N–H and O–H groups in total. The highest BCUT2D eigenvalue weighted by Gasteiger charge is 2.10. The number of amides is 1. The van der Waals surface area contributed by atoms with Crippen LogP contribution in [0.3, 0.4) is 0 Å². The maximum Gasteiger partial charge on any atom is 0.258 e. The Kier molecular flexibility index (Phi) is 6.00. The number of rotatable bonds is 7. The van der Waals surface area contributed by atoms with Gasteiger partial charge in [-0.1, -0.05) is 19.1 Å². The minimum absolute atomic E-state index is 0.0725. The molecule has 0 radical (unpaired) electrons. The first-order valence-corrected chi connectivity index (χ1v) is 5.87. The van der Waals surface area contributed by atoms with Gasteiger partial charge in [0.15, 0.2) is 18.1 Å². The maximum absolute atomic E-state index is 11.6. The number of hydrogen-bond acceptors (Lipinski definition) is 4. The van der Waals surface area contributed by atoms with Crippen LogP contribution in [0.25, 0.3) is 0 Å². The third-order valence-electron chi connectivity index (χ3n) is 2.51. The molecule has 100 valence electrons. The topological polar surface area (TPSA) is 67.8 Å². The van der Waals surface area contributed by atoms with Crippen LogP contribution < -0.4 is 14.8 Å². The first-order chi connectivity index (χ1) is 8.71. The Bertz CT molecular complexity index is 377. The van der Waals surface area contributed by atoms with Crippen molar-refractivity contribution in [2.24, 2.45) is 0 Å². The molecule has 1 aromatic rings. The quantitative estimate of drug-likeness (QED) is 0.759. The van der Waals surface area contributed by atoms with E-state index in [-0.39, 0.29) is 25.2 Å². The van der Waals surface area contributed by atoms with Crippen molar-refractivity contribution in [3.63, 3.8) is 0 Å². The molecule has 1 amide bonds. The largest absolute Gasteiger partial charge is 0.493 e. The Morgan fingerprint density at radius 1 is 1.39 bits per heavy atom. The SMILES string of the molecule is CCC(CO)NC(=O)COc1ccccc1OC. The van der Waals surface area contributed by atoms with Gasteiger partial charge >= 0.3 is 0 Å². The summed E-state index contributed by atoms with van der Waals surface area (Å²) in [5.41, 5.74) is 0. The second kappa shape index (κ2) is 7.55. The molecule has 0 fully saturated rings. The van der Waals surface area contributed by atoms with Gasteiger partial charge in [-0.25, -0.2) is 0 Å². The Balaban J connectivity index is 2.47. The van der Waals surface area contributed by atoms with Crippen LogP contribution in [0.5, 0.6) is 11.5 Å². The van der Waals surface area contributed by atoms with Crippen molar-refractivity contribution in [2.45, 2.75) is 19.4 Å². The van der Waals surface area contributed by atoms with Gasteiger partial charge < -0.3 is 19.9 Å². The molecule has 0 aliphatic carbocycles. The number of carbonyl (C=O) groups is 1. The Morgan fingerprint density at radius 3 is 2.61 bits per heavy atom. The minimum atomic E-state index is -0.262. The third-order valence-corrected chi connectivity index (χ3v) is 2.51. The van der Waals surface area contributed by atoms with Gasteiger partial charge in [0.05, 0.1) is 19.8 Å². The summed E-state index contributed by atoms with van der Waals surface area (Å²) < 4.78 is 10.5. The zero-order valence-corrected chi connectivity index (χ0v) is 10.7. The molecule has 0 aliphatic rings. The number of aliphatic hydroxyl groups excluding tert-OH is 1. The van der Waals surface area contributed by atoms with Crippen molar-refractivity contribution in [1.82, 2.24) is 5.32 Å². The number of aliphatic hydroxyl groups is 1. The van der Waals surface area contributed by atoms with Gasteiger partial charge in [0.25, 0.3) is 5.91 Å². The second-order valence-electron chi connectivity index (χ2n) is 3.79. The summed E-state index contributed by atoms with van der Waals surface area (Å²) in [4.78, 5) is 11.6. The van der Waals surface area contributed by atoms with Crippen molar-refractivity contribution in [2.75, 3.05) is 20.3 Å². The number of carbonyl (C=O) groups excluding carboxylic acids is 1. The monoisotopic (exact) mass is 253 g/mol. The van der Waals surface area contributed by atoms with E-state index >= 15 is 0 Å². The number of ether oxygens (including phenoxy) is 2. The number of nitrogens with one attached hydrogen (secondary N) is 1. The smallest absolute Gasteiger partial charge is 0.258 e. The van der Waals surface area contributed by atoms with Gasteiger partial charge in [0.1, 0.15) is 0 Å². The minimum Gasteiger partial charge on any atom is -0.493 e. The van der Waals surface area contributed by atoms with E-state index in [2.05, 4.69) is 5.32 Å². The highest BCUT2D eigenvalue weighted by molar-refractivity contribution is 5.77. The lowest BCUT2D eigenvalue weighted by molar-refractivity contribution is -0.124. The van der Waals surface area contributed by atoms with E-state index in [0.717, 1.165) is 0 Å². The van der Waals surface area contributed by atoms with Crippen LogP contribution in [0.4, 0.5) is 0 Å². The van der Waals surface area contributed by atoms with Gasteiger partial charge in [-0.15, -0.1) is 0 Å². The van der Waals surface area contributed by atoms with Crippen LogP contribution >= 0.6 is 0 Å². The molecule has 0 aromatic heterocycles. The van der Waals surface area contributed by atoms with Crippen LogP contribution in [0.2, 0.25) is 0 Å². The Morgan fingerprint density at radius 2 is 2.06 bits per heavy atom. The van der Waals surface area contributed by atoms with E-state index in [0.29, 0.717) is 17.9 Å². The summed E-state index contributed by atoms with van der Waals surface area (Å²) in [7, 11) is 1.54. The zero-order chi connectivity index (χ0) is 13.4. The fourth-order valence-corrected chi connectivity index (χ4v) is 1.43. The number of para-hydroxylation sites is 2. The number of methoxy groups -OCH3 is 1. The highest BCUT2D eigenvalue weighted by atomic mass is 16.5. The predicted molar refractivity (Wildman–Crippen MR) is 67.8 cm³/mol. The first kappa shape index (κ1) is 14.3. The third kappa shape index (κ3) is 4.25. The van der Waals surface area contributed by atoms with E-state index in [4.69, 9.17) is 14.6 Å². The van der Waals surface area contributed by atoms with Crippen LogP contribution in [-0.4, -0.2) is 37.4 Å². The van der Waals surface area contributed by atoms with Crippen LogP contribution in [-0.2, 0) is 4.79 Å². The van der Waals surface area contributed by atoms with Gasteiger partial charge in [-0.05, 0) is 18.6 Å². The summed E-state index contributed by atoms with van der Waals surface area (Å²) in [6.45, 7) is 1.72. The highest BCUT2D eigenvalue weighted by Crippen LogP contribution is 2.25. The molecule has 1 atom stereocenters. The zero-order valence-electron chi connectivity index (χ0n) is 10.7. The summed E-state index contributed by atoms with van der Waals surface area (Å²) in [5, 5.41) is 11.6. The van der Waals surface area contributed by atoms with Crippen LogP contribution in [0, 0.1) is 0 Å². The molecule has 0 spiro atoms.